The van der Waals surface area contributed by atoms with Gasteiger partial charge in [-0.25, -0.2) is 4.39 Å². The van der Waals surface area contributed by atoms with Gasteiger partial charge in [-0.1, -0.05) is 29.4 Å². The summed E-state index contributed by atoms with van der Waals surface area (Å²) in [7, 11) is 0. The van der Waals surface area contributed by atoms with Crippen molar-refractivity contribution in [3.8, 4) is 11.1 Å². The summed E-state index contributed by atoms with van der Waals surface area (Å²) in [6, 6.07) is 12.0. The smallest absolute Gasteiger partial charge is 0.303 e. The molecule has 2 rings (SSSR count). The van der Waals surface area contributed by atoms with Crippen molar-refractivity contribution in [2.75, 3.05) is 6.26 Å². The van der Waals surface area contributed by atoms with Crippen LogP contribution in [0.25, 0.3) is 11.1 Å². The van der Waals surface area contributed by atoms with E-state index in [-0.39, 0.29) is 18.6 Å². The van der Waals surface area contributed by atoms with E-state index in [0.29, 0.717) is 11.1 Å². The van der Waals surface area contributed by atoms with Crippen molar-refractivity contribution in [2.24, 2.45) is 5.16 Å². The summed E-state index contributed by atoms with van der Waals surface area (Å²) in [6.45, 7) is 0. The standard InChI is InChI=1S/C17H16FNO3S/c1-23-13-5-2-11(3-6-13)14-7-4-12(10-15(14)18)16(19-22)8-9-17(20)21/h2-7,10,22H,8-9H2,1H3,(H,20,21). The first-order chi connectivity index (χ1) is 11.0. The van der Waals surface area contributed by atoms with Gasteiger partial charge in [0, 0.05) is 22.4 Å². The van der Waals surface area contributed by atoms with Gasteiger partial charge in [-0.15, -0.1) is 11.8 Å². The van der Waals surface area contributed by atoms with Crippen LogP contribution in [0.5, 0.6) is 0 Å². The summed E-state index contributed by atoms with van der Waals surface area (Å²) in [4.78, 5) is 11.7. The summed E-state index contributed by atoms with van der Waals surface area (Å²) in [5.41, 5.74) is 1.71. The Kier molecular flexibility index (Phi) is 5.76. The van der Waals surface area contributed by atoms with Gasteiger partial charge < -0.3 is 10.3 Å². The monoisotopic (exact) mass is 333 g/mol. The molecule has 0 bridgehead atoms. The first kappa shape index (κ1) is 17.0. The number of carboxylic acids is 1. The summed E-state index contributed by atoms with van der Waals surface area (Å²) in [5.74, 6) is -1.45. The number of halogens is 1. The molecule has 0 fully saturated rings. The van der Waals surface area contributed by atoms with Gasteiger partial charge in [-0.05, 0) is 30.0 Å². The minimum Gasteiger partial charge on any atom is -0.481 e. The van der Waals surface area contributed by atoms with Crippen molar-refractivity contribution in [3.63, 3.8) is 0 Å². The van der Waals surface area contributed by atoms with Gasteiger partial charge in [0.05, 0.1) is 12.1 Å². The maximum atomic E-state index is 14.4. The van der Waals surface area contributed by atoms with Crippen molar-refractivity contribution in [1.29, 1.82) is 0 Å². The highest BCUT2D eigenvalue weighted by atomic mass is 32.2. The molecule has 0 aliphatic carbocycles. The molecule has 0 spiro atoms. The number of carboxylic acid groups (broad SMARTS) is 1. The van der Waals surface area contributed by atoms with E-state index in [2.05, 4.69) is 5.16 Å². The molecule has 0 atom stereocenters. The van der Waals surface area contributed by atoms with Crippen molar-refractivity contribution >= 4 is 23.4 Å². The van der Waals surface area contributed by atoms with E-state index in [1.807, 2.05) is 30.5 Å². The molecule has 0 radical (unpaired) electrons. The van der Waals surface area contributed by atoms with Crippen molar-refractivity contribution in [2.45, 2.75) is 17.7 Å². The van der Waals surface area contributed by atoms with E-state index in [0.717, 1.165) is 10.5 Å². The second kappa shape index (κ2) is 7.78. The molecule has 4 nitrogen and oxygen atoms in total. The first-order valence-electron chi connectivity index (χ1n) is 6.92. The third-order valence-electron chi connectivity index (χ3n) is 3.40. The van der Waals surface area contributed by atoms with E-state index in [9.17, 15) is 9.18 Å². The zero-order valence-corrected chi connectivity index (χ0v) is 13.3. The van der Waals surface area contributed by atoms with Crippen molar-refractivity contribution in [3.05, 3.63) is 53.8 Å². The molecule has 0 heterocycles. The van der Waals surface area contributed by atoms with Gasteiger partial charge in [-0.3, -0.25) is 4.79 Å². The molecule has 0 aromatic heterocycles. The Morgan fingerprint density at radius 3 is 2.39 bits per heavy atom. The highest BCUT2D eigenvalue weighted by Gasteiger charge is 2.12. The molecule has 0 amide bonds. The molecule has 0 aliphatic heterocycles. The van der Waals surface area contributed by atoms with Gasteiger partial charge in [0.1, 0.15) is 5.82 Å². The number of oxime groups is 1. The van der Waals surface area contributed by atoms with Crippen LogP contribution in [0.3, 0.4) is 0 Å². The van der Waals surface area contributed by atoms with E-state index < -0.39 is 11.8 Å². The zero-order chi connectivity index (χ0) is 16.8. The summed E-state index contributed by atoms with van der Waals surface area (Å²) < 4.78 is 14.4. The van der Waals surface area contributed by atoms with Crippen LogP contribution in [0.15, 0.2) is 52.5 Å². The van der Waals surface area contributed by atoms with Crippen LogP contribution in [0.1, 0.15) is 18.4 Å². The Morgan fingerprint density at radius 1 is 1.17 bits per heavy atom. The largest absolute Gasteiger partial charge is 0.481 e. The lowest BCUT2D eigenvalue weighted by Crippen LogP contribution is -2.06. The topological polar surface area (TPSA) is 69.9 Å². The molecule has 6 heteroatoms. The summed E-state index contributed by atoms with van der Waals surface area (Å²) in [5, 5.41) is 20.8. The fourth-order valence-electron chi connectivity index (χ4n) is 2.18. The lowest BCUT2D eigenvalue weighted by Gasteiger charge is -2.08. The van der Waals surface area contributed by atoms with Crippen LogP contribution >= 0.6 is 11.8 Å². The van der Waals surface area contributed by atoms with Gasteiger partial charge in [0.15, 0.2) is 0 Å². The second-order valence-electron chi connectivity index (χ2n) is 4.86. The predicted octanol–water partition coefficient (Wildman–Crippen LogP) is 4.26. The van der Waals surface area contributed by atoms with Crippen LogP contribution in [-0.2, 0) is 4.79 Å². The van der Waals surface area contributed by atoms with Crippen LogP contribution in [0, 0.1) is 5.82 Å². The van der Waals surface area contributed by atoms with Crippen LogP contribution < -0.4 is 0 Å². The van der Waals surface area contributed by atoms with Crippen LogP contribution in [0.4, 0.5) is 4.39 Å². The van der Waals surface area contributed by atoms with Crippen molar-refractivity contribution < 1.29 is 19.5 Å². The number of nitrogens with zero attached hydrogens (tertiary/aromatic N) is 1. The Balaban J connectivity index is 2.27. The van der Waals surface area contributed by atoms with Gasteiger partial charge in [-0.2, -0.15) is 0 Å². The number of carbonyl (C=O) groups is 1. The average Bonchev–Trinajstić information content (AvgIpc) is 2.55. The average molecular weight is 333 g/mol. The number of hydrogen-bond donors (Lipinski definition) is 2. The number of benzene rings is 2. The summed E-state index contributed by atoms with van der Waals surface area (Å²) >= 11 is 1.61. The van der Waals surface area contributed by atoms with Crippen LogP contribution in [0.2, 0.25) is 0 Å². The minimum absolute atomic E-state index is 0.0348. The number of thioether (sulfide) groups is 1. The Labute approximate surface area is 137 Å². The van der Waals surface area contributed by atoms with E-state index in [4.69, 9.17) is 10.3 Å². The molecule has 0 unspecified atom stereocenters. The Hall–Kier alpha value is -2.34. The molecule has 23 heavy (non-hydrogen) atoms. The Bertz CT molecular complexity index is 729. The van der Waals surface area contributed by atoms with Gasteiger partial charge in [0.2, 0.25) is 0 Å². The summed E-state index contributed by atoms with van der Waals surface area (Å²) in [6.07, 6.45) is 1.82. The van der Waals surface area contributed by atoms with Gasteiger partial charge in [0.25, 0.3) is 0 Å². The Morgan fingerprint density at radius 2 is 1.87 bits per heavy atom. The maximum Gasteiger partial charge on any atom is 0.303 e. The lowest BCUT2D eigenvalue weighted by molar-refractivity contribution is -0.136. The molecule has 0 saturated heterocycles. The van der Waals surface area contributed by atoms with E-state index >= 15 is 0 Å². The van der Waals surface area contributed by atoms with Crippen LogP contribution in [-0.4, -0.2) is 28.3 Å². The first-order valence-corrected chi connectivity index (χ1v) is 8.14. The quantitative estimate of drug-likeness (QED) is 0.359. The molecule has 0 saturated carbocycles. The number of aliphatic carboxylic acids is 1. The highest BCUT2D eigenvalue weighted by Crippen LogP contribution is 2.26. The number of rotatable bonds is 6. The SMILES string of the molecule is CSc1ccc(-c2ccc(C(CCC(=O)O)=NO)cc2F)cc1. The minimum atomic E-state index is -1.00. The number of hydrogen-bond acceptors (Lipinski definition) is 4. The van der Waals surface area contributed by atoms with E-state index in [1.165, 1.54) is 6.07 Å². The molecular formula is C17H16FNO3S. The fourth-order valence-corrected chi connectivity index (χ4v) is 2.58. The third-order valence-corrected chi connectivity index (χ3v) is 4.14. The predicted molar refractivity (Wildman–Crippen MR) is 88.8 cm³/mol. The lowest BCUT2D eigenvalue weighted by atomic mass is 10.00. The normalized spacial score (nSPS) is 11.5. The van der Waals surface area contributed by atoms with Gasteiger partial charge >= 0.3 is 5.97 Å². The third kappa shape index (κ3) is 4.32. The fraction of sp³-hybridized carbons (Fsp3) is 0.176. The van der Waals surface area contributed by atoms with E-state index in [1.54, 1.807) is 23.9 Å². The molecular weight excluding hydrogens is 317 g/mol. The van der Waals surface area contributed by atoms with Crippen molar-refractivity contribution in [1.82, 2.24) is 0 Å². The molecule has 0 aliphatic rings. The molecule has 2 aromatic carbocycles. The zero-order valence-electron chi connectivity index (χ0n) is 12.5. The second-order valence-corrected chi connectivity index (χ2v) is 5.74. The molecule has 2 aromatic rings. The highest BCUT2D eigenvalue weighted by molar-refractivity contribution is 7.98. The molecule has 120 valence electrons. The maximum absolute atomic E-state index is 14.4. The molecule has 2 N–H and O–H groups in total.